The fourth-order valence-electron chi connectivity index (χ4n) is 0.752. The first-order valence-corrected chi connectivity index (χ1v) is 3.81. The van der Waals surface area contributed by atoms with Crippen molar-refractivity contribution in [3.63, 3.8) is 0 Å². The van der Waals surface area contributed by atoms with E-state index in [0.717, 1.165) is 0 Å². The van der Waals surface area contributed by atoms with E-state index in [-0.39, 0.29) is 17.9 Å². The number of non-ortho nitro benzene ring substituents is 1. The van der Waals surface area contributed by atoms with E-state index in [1.54, 1.807) is 0 Å². The van der Waals surface area contributed by atoms with E-state index in [1.807, 2.05) is 0 Å². The van der Waals surface area contributed by atoms with Gasteiger partial charge in [0.05, 0.1) is 4.92 Å². The van der Waals surface area contributed by atoms with Crippen LogP contribution in [0.15, 0.2) is 24.3 Å². The Labute approximate surface area is 89.4 Å². The molecule has 0 aliphatic carbocycles. The summed E-state index contributed by atoms with van der Waals surface area (Å²) in [7, 11) is 0. The molecule has 1 amide bonds. The van der Waals surface area contributed by atoms with Crippen molar-refractivity contribution in [2.24, 2.45) is 5.73 Å². The van der Waals surface area contributed by atoms with Crippen molar-refractivity contribution in [3.8, 4) is 5.75 Å². The summed E-state index contributed by atoms with van der Waals surface area (Å²) in [5, 5.41) is 17.1. The van der Waals surface area contributed by atoms with Crippen molar-refractivity contribution < 1.29 is 24.4 Å². The topological polar surface area (TPSA) is 133 Å². The second-order valence-corrected chi connectivity index (χ2v) is 2.28. The maximum absolute atomic E-state index is 10.3. The molecule has 0 saturated heterocycles. The molecule has 16 heavy (non-hydrogen) atoms. The molecule has 0 atom stereocenters. The van der Waals surface area contributed by atoms with Gasteiger partial charge in [-0.1, -0.05) is 0 Å². The number of amides is 1. The number of carboxylic acid groups (broad SMARTS) is 1. The quantitative estimate of drug-likeness (QED) is 0.436. The minimum absolute atomic E-state index is 0.0724. The van der Waals surface area contributed by atoms with E-state index in [2.05, 4.69) is 4.74 Å². The number of hydrogen-bond acceptors (Lipinski definition) is 5. The largest absolute Gasteiger partial charge is 0.483 e. The SMILES string of the molecule is NC(=O)Oc1ccc([N+](=O)[O-])cc1.O=CO. The molecule has 0 heterocycles. The van der Waals surface area contributed by atoms with Gasteiger partial charge in [-0.3, -0.25) is 14.9 Å². The number of primary amides is 1. The lowest BCUT2D eigenvalue weighted by atomic mass is 10.3. The molecule has 8 nitrogen and oxygen atoms in total. The zero-order chi connectivity index (χ0) is 12.6. The fourth-order valence-corrected chi connectivity index (χ4v) is 0.752. The van der Waals surface area contributed by atoms with Gasteiger partial charge < -0.3 is 15.6 Å². The predicted octanol–water partition coefficient (Wildman–Crippen LogP) is 0.753. The minimum Gasteiger partial charge on any atom is -0.483 e. The first-order valence-electron chi connectivity index (χ1n) is 3.81. The van der Waals surface area contributed by atoms with Crippen LogP contribution in [-0.4, -0.2) is 22.6 Å². The van der Waals surface area contributed by atoms with Crippen molar-refractivity contribution in [1.82, 2.24) is 0 Å². The van der Waals surface area contributed by atoms with E-state index in [4.69, 9.17) is 15.6 Å². The van der Waals surface area contributed by atoms with Crippen LogP contribution in [0.3, 0.4) is 0 Å². The standard InChI is InChI=1S/C7H6N2O4.CH2O2/c8-7(10)13-6-3-1-5(2-4-6)9(11)12;2-1-3/h1-4H,(H2,8,10);1H,(H,2,3). The molecule has 0 spiro atoms. The molecule has 3 N–H and O–H groups in total. The van der Waals surface area contributed by atoms with E-state index in [9.17, 15) is 14.9 Å². The maximum Gasteiger partial charge on any atom is 0.409 e. The Bertz CT molecular complexity index is 375. The van der Waals surface area contributed by atoms with Gasteiger partial charge in [0.2, 0.25) is 0 Å². The van der Waals surface area contributed by atoms with Gasteiger partial charge in [-0.25, -0.2) is 4.79 Å². The monoisotopic (exact) mass is 228 g/mol. The Morgan fingerprint density at radius 1 is 1.44 bits per heavy atom. The highest BCUT2D eigenvalue weighted by Gasteiger charge is 2.05. The number of hydrogen-bond donors (Lipinski definition) is 2. The molecular weight excluding hydrogens is 220 g/mol. The normalized spacial score (nSPS) is 8.25. The Morgan fingerprint density at radius 2 is 1.88 bits per heavy atom. The number of nitrogens with zero attached hydrogens (tertiary/aromatic N) is 1. The van der Waals surface area contributed by atoms with Gasteiger partial charge in [0, 0.05) is 12.1 Å². The van der Waals surface area contributed by atoms with Crippen LogP contribution in [0.2, 0.25) is 0 Å². The van der Waals surface area contributed by atoms with Gasteiger partial charge in [-0.05, 0) is 12.1 Å². The van der Waals surface area contributed by atoms with Gasteiger partial charge in [-0.2, -0.15) is 0 Å². The molecule has 1 aromatic rings. The smallest absolute Gasteiger partial charge is 0.409 e. The molecule has 86 valence electrons. The summed E-state index contributed by atoms with van der Waals surface area (Å²) in [6, 6.07) is 5.03. The number of nitro groups is 1. The molecule has 0 aliphatic heterocycles. The predicted molar refractivity (Wildman–Crippen MR) is 52.0 cm³/mol. The van der Waals surface area contributed by atoms with Crippen molar-refractivity contribution in [3.05, 3.63) is 34.4 Å². The summed E-state index contributed by atoms with van der Waals surface area (Å²) in [4.78, 5) is 28.3. The van der Waals surface area contributed by atoms with E-state index in [1.165, 1.54) is 24.3 Å². The van der Waals surface area contributed by atoms with Crippen LogP contribution in [0.25, 0.3) is 0 Å². The highest BCUT2D eigenvalue weighted by atomic mass is 16.6. The summed E-state index contributed by atoms with van der Waals surface area (Å²) in [5.74, 6) is 0.179. The summed E-state index contributed by atoms with van der Waals surface area (Å²) in [6.07, 6.45) is -0.950. The lowest BCUT2D eigenvalue weighted by Gasteiger charge is -1.98. The number of carbonyl (C=O) groups is 2. The zero-order valence-electron chi connectivity index (χ0n) is 7.90. The number of nitrogens with two attached hydrogens (primary N) is 1. The molecular formula is C8H8N2O6. The molecule has 0 fully saturated rings. The highest BCUT2D eigenvalue weighted by molar-refractivity contribution is 5.68. The van der Waals surface area contributed by atoms with Crippen molar-refractivity contribution in [1.29, 1.82) is 0 Å². The van der Waals surface area contributed by atoms with Gasteiger partial charge in [0.15, 0.2) is 0 Å². The third kappa shape index (κ3) is 5.17. The zero-order valence-corrected chi connectivity index (χ0v) is 7.90. The summed E-state index contributed by atoms with van der Waals surface area (Å²) in [6.45, 7) is -0.250. The lowest BCUT2D eigenvalue weighted by Crippen LogP contribution is -2.16. The number of rotatable bonds is 2. The molecule has 0 unspecified atom stereocenters. The molecule has 0 saturated carbocycles. The van der Waals surface area contributed by atoms with Gasteiger partial charge in [-0.15, -0.1) is 0 Å². The average Bonchev–Trinajstić information content (AvgIpc) is 2.18. The minimum atomic E-state index is -0.950. The molecule has 0 radical (unpaired) electrons. The molecule has 0 aromatic heterocycles. The second kappa shape index (κ2) is 6.76. The van der Waals surface area contributed by atoms with Crippen LogP contribution < -0.4 is 10.5 Å². The van der Waals surface area contributed by atoms with Crippen molar-refractivity contribution in [2.75, 3.05) is 0 Å². The first-order chi connectivity index (χ1) is 7.51. The molecule has 0 aliphatic rings. The van der Waals surface area contributed by atoms with Crippen LogP contribution in [0.5, 0.6) is 5.75 Å². The number of nitro benzene ring substituents is 1. The Hall–Kier alpha value is -2.64. The number of ether oxygens (including phenoxy) is 1. The maximum atomic E-state index is 10.3. The summed E-state index contributed by atoms with van der Waals surface area (Å²) < 4.78 is 4.47. The van der Waals surface area contributed by atoms with Crippen LogP contribution in [0, 0.1) is 10.1 Å². The summed E-state index contributed by atoms with van der Waals surface area (Å²) >= 11 is 0. The van der Waals surface area contributed by atoms with E-state index >= 15 is 0 Å². The Balaban J connectivity index is 0.000000673. The van der Waals surface area contributed by atoms with Gasteiger partial charge >= 0.3 is 6.09 Å². The third-order valence-corrected chi connectivity index (χ3v) is 1.27. The van der Waals surface area contributed by atoms with Crippen LogP contribution in [-0.2, 0) is 4.79 Å². The molecule has 1 rings (SSSR count). The third-order valence-electron chi connectivity index (χ3n) is 1.27. The Kier molecular flexibility index (Phi) is 5.65. The second-order valence-electron chi connectivity index (χ2n) is 2.28. The lowest BCUT2D eigenvalue weighted by molar-refractivity contribution is -0.384. The fraction of sp³-hybridized carbons (Fsp3) is 0. The van der Waals surface area contributed by atoms with Crippen LogP contribution in [0.4, 0.5) is 10.5 Å². The van der Waals surface area contributed by atoms with Gasteiger partial charge in [0.25, 0.3) is 12.2 Å². The van der Waals surface area contributed by atoms with Crippen LogP contribution in [0.1, 0.15) is 0 Å². The Morgan fingerprint density at radius 3 is 2.19 bits per heavy atom. The van der Waals surface area contributed by atoms with Gasteiger partial charge in [0.1, 0.15) is 5.75 Å². The molecule has 0 bridgehead atoms. The molecule has 8 heteroatoms. The van der Waals surface area contributed by atoms with Crippen molar-refractivity contribution >= 4 is 18.3 Å². The number of carbonyl (C=O) groups excluding carboxylic acids is 1. The van der Waals surface area contributed by atoms with E-state index in [0.29, 0.717) is 0 Å². The van der Waals surface area contributed by atoms with E-state index < -0.39 is 11.0 Å². The average molecular weight is 228 g/mol. The molecule has 1 aromatic carbocycles. The van der Waals surface area contributed by atoms with Crippen molar-refractivity contribution in [2.45, 2.75) is 0 Å². The summed E-state index contributed by atoms with van der Waals surface area (Å²) in [5.41, 5.74) is 4.65. The van der Waals surface area contributed by atoms with Crippen LogP contribution >= 0.6 is 0 Å². The first kappa shape index (κ1) is 13.4. The highest BCUT2D eigenvalue weighted by Crippen LogP contribution is 2.16. The number of benzene rings is 1.